The monoisotopic (exact) mass is 519 g/mol. The van der Waals surface area contributed by atoms with Gasteiger partial charge in [0.15, 0.2) is 0 Å². The molecular weight excluding hydrogens is 486 g/mol. The molecule has 2 aliphatic heterocycles. The number of hydrogen-bond acceptors (Lipinski definition) is 7. The van der Waals surface area contributed by atoms with Crippen LogP contribution in [0.1, 0.15) is 18.4 Å². The van der Waals surface area contributed by atoms with Crippen molar-refractivity contribution in [3.63, 3.8) is 0 Å². The number of piperazine rings is 1. The van der Waals surface area contributed by atoms with Crippen LogP contribution in [0.3, 0.4) is 0 Å². The Hall–Kier alpha value is -3.15. The van der Waals surface area contributed by atoms with E-state index in [0.717, 1.165) is 56.0 Å². The third-order valence-corrected chi connectivity index (χ3v) is 8.43. The van der Waals surface area contributed by atoms with Crippen molar-refractivity contribution >= 4 is 27.6 Å². The number of carboxylic acid groups (broad SMARTS) is 2. The van der Waals surface area contributed by atoms with Crippen LogP contribution in [0.5, 0.6) is 5.75 Å². The number of anilines is 1. The van der Waals surface area contributed by atoms with Crippen molar-refractivity contribution in [2.45, 2.75) is 30.7 Å². The second-order valence-corrected chi connectivity index (χ2v) is 10.7. The minimum Gasteiger partial charge on any atom is -0.495 e. The maximum absolute atomic E-state index is 12.9. The number of para-hydroxylation sites is 2. The molecule has 0 aromatic heterocycles. The average Bonchev–Trinajstić information content (AvgIpc) is 2.89. The fraction of sp³-hybridized carbons (Fsp3) is 0.440. The number of methoxy groups -OCH3 is 1. The minimum absolute atomic E-state index is 0.400. The maximum Gasteiger partial charge on any atom is 0.414 e. The lowest BCUT2D eigenvalue weighted by atomic mass is 10.0. The summed E-state index contributed by atoms with van der Waals surface area (Å²) in [5.41, 5.74) is 2.22. The Morgan fingerprint density at radius 1 is 0.861 bits per heavy atom. The van der Waals surface area contributed by atoms with Crippen LogP contribution in [0.4, 0.5) is 5.69 Å². The quantitative estimate of drug-likeness (QED) is 0.571. The van der Waals surface area contributed by atoms with Crippen molar-refractivity contribution in [2.24, 2.45) is 0 Å². The summed E-state index contributed by atoms with van der Waals surface area (Å²) in [6.07, 6.45) is 1.78. The van der Waals surface area contributed by atoms with E-state index in [1.165, 1.54) is 0 Å². The average molecular weight is 520 g/mol. The Bertz CT molecular complexity index is 1130. The molecule has 36 heavy (non-hydrogen) atoms. The van der Waals surface area contributed by atoms with Crippen molar-refractivity contribution in [1.82, 2.24) is 9.21 Å². The van der Waals surface area contributed by atoms with Gasteiger partial charge < -0.3 is 19.8 Å². The molecule has 4 rings (SSSR count). The van der Waals surface area contributed by atoms with E-state index in [0.29, 0.717) is 24.0 Å². The molecule has 0 amide bonds. The van der Waals surface area contributed by atoms with Crippen molar-refractivity contribution in [1.29, 1.82) is 0 Å². The normalized spacial score (nSPS) is 17.7. The zero-order valence-electron chi connectivity index (χ0n) is 20.5. The first-order valence-corrected chi connectivity index (χ1v) is 13.2. The molecule has 0 unspecified atom stereocenters. The first-order valence-electron chi connectivity index (χ1n) is 11.8. The maximum atomic E-state index is 12.9. The fourth-order valence-corrected chi connectivity index (χ4v) is 6.00. The van der Waals surface area contributed by atoms with Crippen LogP contribution in [-0.2, 0) is 19.6 Å². The largest absolute Gasteiger partial charge is 0.495 e. The number of sulfonamides is 1. The summed E-state index contributed by atoms with van der Waals surface area (Å²) in [5.74, 6) is -2.73. The zero-order valence-corrected chi connectivity index (χ0v) is 21.4. The number of ether oxygens (including phenoxy) is 1. The van der Waals surface area contributed by atoms with Crippen molar-refractivity contribution < 1.29 is 33.0 Å². The number of carboxylic acids is 2. The first-order chi connectivity index (χ1) is 17.1. The summed E-state index contributed by atoms with van der Waals surface area (Å²) in [4.78, 5) is 23.5. The second kappa shape index (κ2) is 12.2. The summed E-state index contributed by atoms with van der Waals surface area (Å²) < 4.78 is 33.0. The van der Waals surface area contributed by atoms with Gasteiger partial charge in [0.1, 0.15) is 5.75 Å². The van der Waals surface area contributed by atoms with E-state index in [1.807, 2.05) is 31.2 Å². The molecule has 2 N–H and O–H groups in total. The molecule has 0 radical (unpaired) electrons. The summed E-state index contributed by atoms with van der Waals surface area (Å²) in [6.45, 7) is 7.06. The van der Waals surface area contributed by atoms with Crippen LogP contribution >= 0.6 is 0 Å². The Kier molecular flexibility index (Phi) is 9.30. The number of hydrogen-bond donors (Lipinski definition) is 2. The number of rotatable bonds is 5. The molecule has 2 aromatic carbocycles. The SMILES string of the molecule is COc1ccccc1N1CCN(C2CCN(S(=O)(=O)c3ccc(C)cc3)CC2)CC1.O=C(O)C(=O)O. The molecule has 0 bridgehead atoms. The molecule has 2 saturated heterocycles. The van der Waals surface area contributed by atoms with Crippen molar-refractivity contribution in [3.05, 3.63) is 54.1 Å². The van der Waals surface area contributed by atoms with E-state index >= 15 is 0 Å². The van der Waals surface area contributed by atoms with Gasteiger partial charge in [-0.2, -0.15) is 4.31 Å². The fourth-order valence-electron chi connectivity index (χ4n) is 4.53. The topological polar surface area (TPSA) is 128 Å². The smallest absolute Gasteiger partial charge is 0.414 e. The van der Waals surface area contributed by atoms with Crippen LogP contribution in [0.15, 0.2) is 53.4 Å². The van der Waals surface area contributed by atoms with E-state index in [1.54, 1.807) is 23.5 Å². The summed E-state index contributed by atoms with van der Waals surface area (Å²) >= 11 is 0. The highest BCUT2D eigenvalue weighted by Crippen LogP contribution is 2.30. The van der Waals surface area contributed by atoms with Crippen LogP contribution < -0.4 is 9.64 Å². The van der Waals surface area contributed by atoms with Crippen molar-refractivity contribution in [2.75, 3.05) is 51.3 Å². The summed E-state index contributed by atoms with van der Waals surface area (Å²) in [7, 11) is -1.68. The molecular formula is C25H33N3O7S. The number of nitrogens with zero attached hydrogens (tertiary/aromatic N) is 3. The Balaban J connectivity index is 0.000000538. The number of piperidine rings is 1. The van der Waals surface area contributed by atoms with Gasteiger partial charge in [-0.15, -0.1) is 0 Å². The van der Waals surface area contributed by atoms with Crippen LogP contribution in [0, 0.1) is 6.92 Å². The second-order valence-electron chi connectivity index (χ2n) is 8.75. The van der Waals surface area contributed by atoms with E-state index in [2.05, 4.69) is 21.9 Å². The minimum atomic E-state index is -3.39. The van der Waals surface area contributed by atoms with Crippen LogP contribution in [0.25, 0.3) is 0 Å². The number of carbonyl (C=O) groups is 2. The van der Waals surface area contributed by atoms with E-state index in [9.17, 15) is 8.42 Å². The van der Waals surface area contributed by atoms with Crippen molar-refractivity contribution in [3.8, 4) is 5.75 Å². The molecule has 2 heterocycles. The Morgan fingerprint density at radius 3 is 1.94 bits per heavy atom. The number of benzene rings is 2. The number of aliphatic carboxylic acids is 2. The highest BCUT2D eigenvalue weighted by molar-refractivity contribution is 7.89. The predicted octanol–water partition coefficient (Wildman–Crippen LogP) is 2.13. The standard InChI is InChI=1S/C23H31N3O3S.C2H2O4/c1-19-7-9-21(10-8-19)30(27,28)26-13-11-20(12-14-26)24-15-17-25(18-16-24)22-5-3-4-6-23(22)29-2;3-1(4)2(5)6/h3-10,20H,11-18H2,1-2H3;(H,3,4)(H,5,6). The lowest BCUT2D eigenvalue weighted by Crippen LogP contribution is -2.53. The number of aryl methyl sites for hydroxylation is 1. The molecule has 2 fully saturated rings. The summed E-state index contributed by atoms with van der Waals surface area (Å²) in [6, 6.07) is 15.8. The lowest BCUT2D eigenvalue weighted by molar-refractivity contribution is -0.159. The van der Waals surface area contributed by atoms with E-state index in [-0.39, 0.29) is 0 Å². The van der Waals surface area contributed by atoms with Gasteiger partial charge in [0.2, 0.25) is 10.0 Å². The van der Waals surface area contributed by atoms with Gasteiger partial charge in [0.05, 0.1) is 17.7 Å². The van der Waals surface area contributed by atoms with Gasteiger partial charge in [0, 0.05) is 45.3 Å². The molecule has 0 spiro atoms. The molecule has 0 aliphatic carbocycles. The first kappa shape index (κ1) is 27.4. The molecule has 2 aromatic rings. The molecule has 196 valence electrons. The van der Waals surface area contributed by atoms with Crippen LogP contribution in [-0.4, -0.2) is 92.2 Å². The molecule has 2 aliphatic rings. The van der Waals surface area contributed by atoms with Gasteiger partial charge in [-0.3, -0.25) is 4.90 Å². The van der Waals surface area contributed by atoms with E-state index < -0.39 is 22.0 Å². The molecule has 10 nitrogen and oxygen atoms in total. The highest BCUT2D eigenvalue weighted by atomic mass is 32.2. The van der Waals surface area contributed by atoms with Crippen LogP contribution in [0.2, 0.25) is 0 Å². The van der Waals surface area contributed by atoms with Gasteiger partial charge in [-0.05, 0) is 44.0 Å². The van der Waals surface area contributed by atoms with Gasteiger partial charge >= 0.3 is 11.9 Å². The molecule has 0 atom stereocenters. The zero-order chi connectivity index (χ0) is 26.3. The van der Waals surface area contributed by atoms with Gasteiger partial charge in [-0.25, -0.2) is 18.0 Å². The highest BCUT2D eigenvalue weighted by Gasteiger charge is 2.33. The van der Waals surface area contributed by atoms with Gasteiger partial charge in [0.25, 0.3) is 0 Å². The molecule has 0 saturated carbocycles. The Morgan fingerprint density at radius 2 is 1.42 bits per heavy atom. The Labute approximate surface area is 211 Å². The van der Waals surface area contributed by atoms with E-state index in [4.69, 9.17) is 24.5 Å². The third-order valence-electron chi connectivity index (χ3n) is 6.52. The predicted molar refractivity (Wildman–Crippen MR) is 135 cm³/mol. The summed E-state index contributed by atoms with van der Waals surface area (Å²) in [5, 5.41) is 14.8. The molecule has 11 heteroatoms. The lowest BCUT2D eigenvalue weighted by Gasteiger charge is -2.43. The third kappa shape index (κ3) is 6.74. The van der Waals surface area contributed by atoms with Gasteiger partial charge in [-0.1, -0.05) is 29.8 Å².